The van der Waals surface area contributed by atoms with Crippen LogP contribution < -0.4 is 5.73 Å². The van der Waals surface area contributed by atoms with Gasteiger partial charge in [0.15, 0.2) is 0 Å². The maximum atomic E-state index is 8.98. The molecule has 4 nitrogen and oxygen atoms in total. The van der Waals surface area contributed by atoms with E-state index in [1.54, 1.807) is 0 Å². The van der Waals surface area contributed by atoms with Gasteiger partial charge in [-0.05, 0) is 79.7 Å². The van der Waals surface area contributed by atoms with Gasteiger partial charge in [-0.2, -0.15) is 0 Å². The molecule has 0 fully saturated rings. The highest BCUT2D eigenvalue weighted by Gasteiger charge is 2.20. The Morgan fingerprint density at radius 2 is 2.00 bits per heavy atom. The van der Waals surface area contributed by atoms with Crippen molar-refractivity contribution in [3.63, 3.8) is 0 Å². The van der Waals surface area contributed by atoms with Crippen molar-refractivity contribution in [2.24, 2.45) is 11.7 Å². The number of aliphatic hydroxyl groups excluding tert-OH is 1. The Hall–Kier alpha value is -1.78. The molecule has 0 aliphatic heterocycles. The number of hydrogen-bond acceptors (Lipinski definition) is 4. The molecule has 2 aromatic rings. The SMILES string of the molecule is NC[C@H](CCCCO)c1ccc2c(c1)CC[C@@H](CCc1ncccn1)C2. The smallest absolute Gasteiger partial charge is 0.128 e. The molecule has 0 radical (unpaired) electrons. The van der Waals surface area contributed by atoms with Gasteiger partial charge in [-0.3, -0.25) is 0 Å². The third kappa shape index (κ3) is 5.12. The van der Waals surface area contributed by atoms with Crippen LogP contribution in [0.5, 0.6) is 0 Å². The van der Waals surface area contributed by atoms with Gasteiger partial charge in [-0.15, -0.1) is 0 Å². The second kappa shape index (κ2) is 9.79. The summed E-state index contributed by atoms with van der Waals surface area (Å²) in [5, 5.41) is 8.98. The second-order valence-electron chi connectivity index (χ2n) is 7.49. The Morgan fingerprint density at radius 3 is 2.77 bits per heavy atom. The monoisotopic (exact) mass is 353 g/mol. The van der Waals surface area contributed by atoms with Crippen molar-refractivity contribution in [3.8, 4) is 0 Å². The van der Waals surface area contributed by atoms with Gasteiger partial charge in [-0.1, -0.05) is 24.6 Å². The number of fused-ring (bicyclic) bond motifs is 1. The van der Waals surface area contributed by atoms with E-state index in [-0.39, 0.29) is 6.61 Å². The van der Waals surface area contributed by atoms with Crippen molar-refractivity contribution in [2.45, 2.75) is 57.3 Å². The fourth-order valence-electron chi connectivity index (χ4n) is 4.07. The Labute approximate surface area is 156 Å². The zero-order valence-corrected chi connectivity index (χ0v) is 15.6. The first-order chi connectivity index (χ1) is 12.8. The topological polar surface area (TPSA) is 72.0 Å². The standard InChI is InChI=1S/C22H31N3O/c23-16-21(4-1-2-13-26)20-9-8-18-14-17(5-7-19(18)15-20)6-10-22-24-11-3-12-25-22/h3,8-9,11-12,15,17,21,26H,1-2,4-7,10,13-14,16,23H2/t17-,21-/m0/s1. The Bertz CT molecular complexity index is 674. The van der Waals surface area contributed by atoms with Crippen LogP contribution in [0.2, 0.25) is 0 Å². The van der Waals surface area contributed by atoms with Crippen LogP contribution in [0.15, 0.2) is 36.7 Å². The molecule has 0 bridgehead atoms. The quantitative estimate of drug-likeness (QED) is 0.678. The minimum Gasteiger partial charge on any atom is -0.396 e. The summed E-state index contributed by atoms with van der Waals surface area (Å²) in [4.78, 5) is 8.68. The van der Waals surface area contributed by atoms with E-state index in [9.17, 15) is 0 Å². The van der Waals surface area contributed by atoms with Gasteiger partial charge >= 0.3 is 0 Å². The molecular weight excluding hydrogens is 322 g/mol. The molecule has 1 heterocycles. The van der Waals surface area contributed by atoms with Gasteiger partial charge < -0.3 is 10.8 Å². The number of hydrogen-bond donors (Lipinski definition) is 2. The summed E-state index contributed by atoms with van der Waals surface area (Å²) < 4.78 is 0. The second-order valence-corrected chi connectivity index (χ2v) is 7.49. The van der Waals surface area contributed by atoms with E-state index in [1.165, 1.54) is 29.5 Å². The van der Waals surface area contributed by atoms with E-state index in [1.807, 2.05) is 18.5 Å². The summed E-state index contributed by atoms with van der Waals surface area (Å²) in [5.74, 6) is 2.11. The van der Waals surface area contributed by atoms with Crippen molar-refractivity contribution in [1.29, 1.82) is 0 Å². The summed E-state index contributed by atoms with van der Waals surface area (Å²) in [5.41, 5.74) is 10.4. The third-order valence-corrected chi connectivity index (χ3v) is 5.67. The normalized spacial score (nSPS) is 17.7. The highest BCUT2D eigenvalue weighted by molar-refractivity contribution is 5.36. The van der Waals surface area contributed by atoms with E-state index < -0.39 is 0 Å². The highest BCUT2D eigenvalue weighted by Crippen LogP contribution is 2.31. The van der Waals surface area contributed by atoms with Gasteiger partial charge in [-0.25, -0.2) is 9.97 Å². The molecule has 0 unspecified atom stereocenters. The molecule has 140 valence electrons. The van der Waals surface area contributed by atoms with Gasteiger partial charge in [0.25, 0.3) is 0 Å². The van der Waals surface area contributed by atoms with Crippen LogP contribution in [0.1, 0.15) is 60.5 Å². The van der Waals surface area contributed by atoms with Gasteiger partial charge in [0.2, 0.25) is 0 Å². The molecule has 0 saturated carbocycles. The lowest BCUT2D eigenvalue weighted by atomic mass is 9.79. The van der Waals surface area contributed by atoms with Crippen LogP contribution in [0.25, 0.3) is 0 Å². The summed E-state index contributed by atoms with van der Waals surface area (Å²) in [7, 11) is 0. The first-order valence-corrected chi connectivity index (χ1v) is 9.98. The molecule has 3 N–H and O–H groups in total. The molecule has 26 heavy (non-hydrogen) atoms. The van der Waals surface area contributed by atoms with Crippen LogP contribution in [-0.4, -0.2) is 28.2 Å². The zero-order chi connectivity index (χ0) is 18.2. The maximum absolute atomic E-state index is 8.98. The summed E-state index contributed by atoms with van der Waals surface area (Å²) in [6, 6.07) is 8.86. The van der Waals surface area contributed by atoms with Crippen molar-refractivity contribution < 1.29 is 5.11 Å². The molecule has 0 amide bonds. The predicted molar refractivity (Wildman–Crippen MR) is 105 cm³/mol. The van der Waals surface area contributed by atoms with Crippen LogP contribution >= 0.6 is 0 Å². The average molecular weight is 354 g/mol. The van der Waals surface area contributed by atoms with Crippen LogP contribution in [-0.2, 0) is 19.3 Å². The minimum atomic E-state index is 0.275. The van der Waals surface area contributed by atoms with Crippen molar-refractivity contribution in [2.75, 3.05) is 13.2 Å². The summed E-state index contributed by atoms with van der Waals surface area (Å²) >= 11 is 0. The predicted octanol–water partition coefficient (Wildman–Crippen LogP) is 3.42. The van der Waals surface area contributed by atoms with Gasteiger partial charge in [0.1, 0.15) is 5.82 Å². The number of nitrogens with zero attached hydrogens (tertiary/aromatic N) is 2. The molecule has 3 rings (SSSR count). The molecule has 1 aromatic carbocycles. The third-order valence-electron chi connectivity index (χ3n) is 5.67. The minimum absolute atomic E-state index is 0.275. The molecule has 4 heteroatoms. The lowest BCUT2D eigenvalue weighted by molar-refractivity contribution is 0.281. The molecular formula is C22H31N3O. The number of unbranched alkanes of at least 4 members (excludes halogenated alkanes) is 1. The molecule has 1 aliphatic carbocycles. The maximum Gasteiger partial charge on any atom is 0.128 e. The van der Waals surface area contributed by atoms with Crippen molar-refractivity contribution >= 4 is 0 Å². The van der Waals surface area contributed by atoms with Gasteiger partial charge in [0, 0.05) is 25.4 Å². The molecule has 1 aromatic heterocycles. The number of aliphatic hydroxyl groups is 1. The Balaban J connectivity index is 1.58. The first kappa shape index (κ1) is 19.0. The number of nitrogens with two attached hydrogens (primary N) is 1. The van der Waals surface area contributed by atoms with Crippen molar-refractivity contribution in [1.82, 2.24) is 9.97 Å². The Kier molecular flexibility index (Phi) is 7.15. The Morgan fingerprint density at radius 1 is 1.15 bits per heavy atom. The van der Waals surface area contributed by atoms with E-state index in [0.29, 0.717) is 12.5 Å². The van der Waals surface area contributed by atoms with Crippen LogP contribution in [0.4, 0.5) is 0 Å². The number of rotatable bonds is 9. The molecule has 0 saturated heterocycles. The van der Waals surface area contributed by atoms with E-state index >= 15 is 0 Å². The lowest BCUT2D eigenvalue weighted by Crippen LogP contribution is -2.17. The number of aromatic nitrogens is 2. The largest absolute Gasteiger partial charge is 0.396 e. The average Bonchev–Trinajstić information content (AvgIpc) is 2.70. The lowest BCUT2D eigenvalue weighted by Gasteiger charge is -2.26. The van der Waals surface area contributed by atoms with Gasteiger partial charge in [0.05, 0.1) is 0 Å². The first-order valence-electron chi connectivity index (χ1n) is 9.98. The fourth-order valence-corrected chi connectivity index (χ4v) is 4.07. The fraction of sp³-hybridized carbons (Fsp3) is 0.545. The van der Waals surface area contributed by atoms with Crippen LogP contribution in [0.3, 0.4) is 0 Å². The summed E-state index contributed by atoms with van der Waals surface area (Å²) in [6.07, 6.45) is 12.3. The van der Waals surface area contributed by atoms with E-state index in [2.05, 4.69) is 28.2 Å². The number of benzene rings is 1. The van der Waals surface area contributed by atoms with Crippen LogP contribution in [0, 0.1) is 5.92 Å². The molecule has 0 spiro atoms. The summed E-state index contributed by atoms with van der Waals surface area (Å²) in [6.45, 7) is 0.959. The zero-order valence-electron chi connectivity index (χ0n) is 15.6. The van der Waals surface area contributed by atoms with E-state index in [4.69, 9.17) is 10.8 Å². The highest BCUT2D eigenvalue weighted by atomic mass is 16.2. The van der Waals surface area contributed by atoms with E-state index in [0.717, 1.165) is 50.3 Å². The molecule has 1 aliphatic rings. The van der Waals surface area contributed by atoms with Crippen molar-refractivity contribution in [3.05, 3.63) is 59.2 Å². The number of aryl methyl sites for hydroxylation is 2. The molecule has 2 atom stereocenters.